The quantitative estimate of drug-likeness (QED) is 0.899. The molecule has 2 rings (SSSR count). The number of hydrogen-bond donors (Lipinski definition) is 1. The molecule has 0 saturated carbocycles. The van der Waals surface area contributed by atoms with Crippen molar-refractivity contribution in [1.29, 1.82) is 0 Å². The van der Waals surface area contributed by atoms with Gasteiger partial charge in [0.15, 0.2) is 0 Å². The van der Waals surface area contributed by atoms with Crippen LogP contribution in [0.5, 0.6) is 0 Å². The van der Waals surface area contributed by atoms with Crippen molar-refractivity contribution in [2.24, 2.45) is 0 Å². The van der Waals surface area contributed by atoms with Crippen molar-refractivity contribution in [1.82, 2.24) is 9.88 Å². The van der Waals surface area contributed by atoms with Crippen molar-refractivity contribution in [3.05, 3.63) is 23.5 Å². The number of aryl methyl sites for hydroxylation is 1. The number of carbonyl (C=O) groups excluding carboxylic acids is 1. The molecule has 0 aliphatic carbocycles. The topological polar surface area (TPSA) is 68.5 Å². The van der Waals surface area contributed by atoms with Gasteiger partial charge in [-0.05, 0) is 32.8 Å². The number of amides is 1. The van der Waals surface area contributed by atoms with Crippen LogP contribution < -0.4 is 5.73 Å². The number of ether oxygens (including phenoxy) is 1. The Hall–Kier alpha value is -1.62. The number of piperidine rings is 1. The highest BCUT2D eigenvalue weighted by Gasteiger charge is 2.25. The lowest BCUT2D eigenvalue weighted by molar-refractivity contribution is 0.0146. The Morgan fingerprint density at radius 1 is 1.53 bits per heavy atom. The van der Waals surface area contributed by atoms with Crippen LogP contribution in [0, 0.1) is 6.92 Å². The molecule has 0 spiro atoms. The Morgan fingerprint density at radius 2 is 2.21 bits per heavy atom. The Bertz CT molecular complexity index is 454. The summed E-state index contributed by atoms with van der Waals surface area (Å²) in [6.45, 7) is 6.02. The lowest BCUT2D eigenvalue weighted by atomic mass is 10.1. The molecule has 2 N–H and O–H groups in total. The summed E-state index contributed by atoms with van der Waals surface area (Å²) in [6.07, 6.45) is 3.63. The maximum atomic E-state index is 12.4. The molecular formula is C14H21N3O2. The third-order valence-corrected chi connectivity index (χ3v) is 3.43. The Morgan fingerprint density at radius 3 is 2.79 bits per heavy atom. The highest BCUT2D eigenvalue weighted by atomic mass is 16.5. The molecule has 1 saturated heterocycles. The van der Waals surface area contributed by atoms with Gasteiger partial charge in [-0.1, -0.05) is 0 Å². The molecule has 0 radical (unpaired) electrons. The summed E-state index contributed by atoms with van der Waals surface area (Å²) >= 11 is 0. The van der Waals surface area contributed by atoms with Gasteiger partial charge in [-0.3, -0.25) is 9.78 Å². The van der Waals surface area contributed by atoms with Crippen LogP contribution in [0.3, 0.4) is 0 Å². The number of aromatic nitrogens is 1. The average molecular weight is 263 g/mol. The van der Waals surface area contributed by atoms with Crippen LogP contribution in [0.25, 0.3) is 0 Å². The van der Waals surface area contributed by atoms with E-state index in [9.17, 15) is 4.79 Å². The van der Waals surface area contributed by atoms with Crippen molar-refractivity contribution in [2.45, 2.75) is 32.8 Å². The lowest BCUT2D eigenvalue weighted by Gasteiger charge is -2.32. The molecule has 1 amide bonds. The first-order valence-electron chi connectivity index (χ1n) is 6.74. The summed E-state index contributed by atoms with van der Waals surface area (Å²) in [5.74, 6) is -0.0278. The maximum absolute atomic E-state index is 12.4. The summed E-state index contributed by atoms with van der Waals surface area (Å²) in [5, 5.41) is 0. The molecule has 5 nitrogen and oxygen atoms in total. The minimum atomic E-state index is -0.0278. The van der Waals surface area contributed by atoms with E-state index in [0.29, 0.717) is 11.3 Å². The normalized spacial score (nSPS) is 16.6. The van der Waals surface area contributed by atoms with Gasteiger partial charge in [0.05, 0.1) is 11.7 Å². The monoisotopic (exact) mass is 263 g/mol. The first-order chi connectivity index (χ1) is 9.11. The molecule has 0 bridgehead atoms. The van der Waals surface area contributed by atoms with Crippen molar-refractivity contribution >= 4 is 11.6 Å². The number of nitrogens with zero attached hydrogens (tertiary/aromatic N) is 2. The zero-order chi connectivity index (χ0) is 13.8. The van der Waals surface area contributed by atoms with E-state index in [2.05, 4.69) is 4.98 Å². The Kier molecular flexibility index (Phi) is 4.37. The first-order valence-corrected chi connectivity index (χ1v) is 6.74. The highest BCUT2D eigenvalue weighted by molar-refractivity contribution is 5.98. The summed E-state index contributed by atoms with van der Waals surface area (Å²) in [6, 6.07) is 1.74. The van der Waals surface area contributed by atoms with Crippen molar-refractivity contribution < 1.29 is 9.53 Å². The van der Waals surface area contributed by atoms with E-state index >= 15 is 0 Å². The predicted molar refractivity (Wildman–Crippen MR) is 73.9 cm³/mol. The van der Waals surface area contributed by atoms with Gasteiger partial charge >= 0.3 is 0 Å². The van der Waals surface area contributed by atoms with Crippen molar-refractivity contribution in [3.8, 4) is 0 Å². The summed E-state index contributed by atoms with van der Waals surface area (Å²) in [4.78, 5) is 18.3. The van der Waals surface area contributed by atoms with Gasteiger partial charge in [0, 0.05) is 37.3 Å². The molecule has 19 heavy (non-hydrogen) atoms. The molecule has 1 aliphatic heterocycles. The Balaban J connectivity index is 2.01. The molecule has 0 atom stereocenters. The number of hydrogen-bond acceptors (Lipinski definition) is 4. The second-order valence-electron chi connectivity index (χ2n) is 4.86. The molecule has 1 aromatic rings. The first kappa shape index (κ1) is 13.8. The van der Waals surface area contributed by atoms with Gasteiger partial charge in [-0.15, -0.1) is 0 Å². The summed E-state index contributed by atoms with van der Waals surface area (Å²) in [5.41, 5.74) is 7.72. The molecule has 5 heteroatoms. The standard InChI is InChI=1S/C14H21N3O2/c1-3-19-11-4-6-17(7-5-11)14(18)12-9-16-10(2)8-13(12)15/h8-9,11H,3-7H2,1-2H3,(H2,15,16). The average Bonchev–Trinajstić information content (AvgIpc) is 2.39. The Labute approximate surface area is 113 Å². The van der Waals surface area contributed by atoms with Crippen LogP contribution >= 0.6 is 0 Å². The van der Waals surface area contributed by atoms with E-state index < -0.39 is 0 Å². The largest absolute Gasteiger partial charge is 0.398 e. The van der Waals surface area contributed by atoms with Gasteiger partial charge in [-0.25, -0.2) is 0 Å². The molecule has 0 aromatic carbocycles. The van der Waals surface area contributed by atoms with E-state index in [-0.39, 0.29) is 12.0 Å². The van der Waals surface area contributed by atoms with Gasteiger partial charge in [0.25, 0.3) is 5.91 Å². The second kappa shape index (κ2) is 6.02. The fraction of sp³-hybridized carbons (Fsp3) is 0.571. The van der Waals surface area contributed by atoms with Crippen LogP contribution in [0.2, 0.25) is 0 Å². The number of nitrogen functional groups attached to an aromatic ring is 1. The van der Waals surface area contributed by atoms with Crippen LogP contribution in [-0.4, -0.2) is 41.6 Å². The van der Waals surface area contributed by atoms with Crippen LogP contribution in [-0.2, 0) is 4.74 Å². The molecule has 1 aromatic heterocycles. The van der Waals surface area contributed by atoms with Crippen LogP contribution in [0.4, 0.5) is 5.69 Å². The van der Waals surface area contributed by atoms with E-state index in [4.69, 9.17) is 10.5 Å². The third kappa shape index (κ3) is 3.23. The SMILES string of the molecule is CCOC1CCN(C(=O)c2cnc(C)cc2N)CC1. The minimum Gasteiger partial charge on any atom is -0.398 e. The lowest BCUT2D eigenvalue weighted by Crippen LogP contribution is -2.41. The zero-order valence-electron chi connectivity index (χ0n) is 11.6. The van der Waals surface area contributed by atoms with Gasteiger partial charge in [0.1, 0.15) is 0 Å². The smallest absolute Gasteiger partial charge is 0.257 e. The van der Waals surface area contributed by atoms with E-state index in [1.54, 1.807) is 12.3 Å². The molecule has 104 valence electrons. The molecule has 2 heterocycles. The van der Waals surface area contributed by atoms with Crippen molar-refractivity contribution in [2.75, 3.05) is 25.4 Å². The fourth-order valence-electron chi connectivity index (χ4n) is 2.39. The molecule has 0 unspecified atom stereocenters. The zero-order valence-corrected chi connectivity index (χ0v) is 11.6. The maximum Gasteiger partial charge on any atom is 0.257 e. The number of rotatable bonds is 3. The summed E-state index contributed by atoms with van der Waals surface area (Å²) < 4.78 is 5.58. The number of carbonyl (C=O) groups is 1. The van der Waals surface area contributed by atoms with E-state index in [1.165, 1.54) is 0 Å². The van der Waals surface area contributed by atoms with Crippen molar-refractivity contribution in [3.63, 3.8) is 0 Å². The van der Waals surface area contributed by atoms with Crippen LogP contribution in [0.15, 0.2) is 12.3 Å². The summed E-state index contributed by atoms with van der Waals surface area (Å²) in [7, 11) is 0. The van der Waals surface area contributed by atoms with Gasteiger partial charge < -0.3 is 15.4 Å². The van der Waals surface area contributed by atoms with E-state index in [0.717, 1.165) is 38.2 Å². The van der Waals surface area contributed by atoms with Gasteiger partial charge in [-0.2, -0.15) is 0 Å². The number of likely N-dealkylation sites (tertiary alicyclic amines) is 1. The third-order valence-electron chi connectivity index (χ3n) is 3.43. The van der Waals surface area contributed by atoms with Gasteiger partial charge in [0.2, 0.25) is 0 Å². The highest BCUT2D eigenvalue weighted by Crippen LogP contribution is 2.19. The predicted octanol–water partition coefficient (Wildman–Crippen LogP) is 1.61. The second-order valence-corrected chi connectivity index (χ2v) is 4.86. The molecule has 1 fully saturated rings. The minimum absolute atomic E-state index is 0.0278. The number of pyridine rings is 1. The van der Waals surface area contributed by atoms with E-state index in [1.807, 2.05) is 18.7 Å². The number of nitrogens with two attached hydrogens (primary N) is 1. The number of anilines is 1. The fourth-order valence-corrected chi connectivity index (χ4v) is 2.39. The van der Waals surface area contributed by atoms with Crippen LogP contribution in [0.1, 0.15) is 35.8 Å². The molecular weight excluding hydrogens is 242 g/mol. The molecule has 1 aliphatic rings.